The summed E-state index contributed by atoms with van der Waals surface area (Å²) in [6.07, 6.45) is 0. The molecular formula is C19H20FN3O. The van der Waals surface area contributed by atoms with Crippen LogP contribution in [0.4, 0.5) is 4.39 Å². The van der Waals surface area contributed by atoms with Crippen molar-refractivity contribution in [1.29, 1.82) is 0 Å². The first-order valence-corrected chi connectivity index (χ1v) is 7.82. The monoisotopic (exact) mass is 325 g/mol. The number of benzene rings is 2. The van der Waals surface area contributed by atoms with Crippen LogP contribution in [0.3, 0.4) is 0 Å². The molecule has 2 aromatic carbocycles. The third kappa shape index (κ3) is 3.63. The Morgan fingerprint density at radius 2 is 1.92 bits per heavy atom. The fraction of sp³-hybridized carbons (Fsp3) is 0.211. The smallest absolute Gasteiger partial charge is 0.268 e. The Hall–Kier alpha value is -2.66. The van der Waals surface area contributed by atoms with Crippen LogP contribution >= 0.6 is 0 Å². The van der Waals surface area contributed by atoms with E-state index in [2.05, 4.69) is 10.3 Å². The summed E-state index contributed by atoms with van der Waals surface area (Å²) in [4.78, 5) is 17.7. The molecule has 24 heavy (non-hydrogen) atoms. The number of aromatic amines is 1. The van der Waals surface area contributed by atoms with E-state index in [-0.39, 0.29) is 17.8 Å². The zero-order valence-electron chi connectivity index (χ0n) is 13.7. The Balaban J connectivity index is 1.84. The second kappa shape index (κ2) is 6.84. The molecule has 0 bridgehead atoms. The molecule has 0 spiro atoms. The molecule has 124 valence electrons. The minimum Gasteiger partial charge on any atom is -0.351 e. The van der Waals surface area contributed by atoms with Crippen LogP contribution in [0.2, 0.25) is 0 Å². The van der Waals surface area contributed by atoms with Gasteiger partial charge in [0.25, 0.3) is 5.91 Å². The van der Waals surface area contributed by atoms with Crippen LogP contribution in [0.15, 0.2) is 54.6 Å². The van der Waals surface area contributed by atoms with E-state index in [1.165, 1.54) is 12.1 Å². The minimum atomic E-state index is -0.316. The van der Waals surface area contributed by atoms with E-state index in [0.29, 0.717) is 17.6 Å². The summed E-state index contributed by atoms with van der Waals surface area (Å²) in [6, 6.07) is 15.8. The van der Waals surface area contributed by atoms with Crippen LogP contribution in [-0.4, -0.2) is 36.4 Å². The molecule has 0 unspecified atom stereocenters. The van der Waals surface area contributed by atoms with E-state index in [1.807, 2.05) is 49.3 Å². The quantitative estimate of drug-likeness (QED) is 0.756. The molecule has 3 rings (SSSR count). The van der Waals surface area contributed by atoms with Crippen molar-refractivity contribution in [2.45, 2.75) is 6.04 Å². The SMILES string of the molecule is CN(C)C[C@H](NC(=O)c1cc2cc(F)ccc2[nH]1)c1ccccc1. The highest BCUT2D eigenvalue weighted by Crippen LogP contribution is 2.18. The number of nitrogens with zero attached hydrogens (tertiary/aromatic N) is 1. The van der Waals surface area contributed by atoms with Crippen LogP contribution in [-0.2, 0) is 0 Å². The Morgan fingerprint density at radius 1 is 1.17 bits per heavy atom. The van der Waals surface area contributed by atoms with Crippen molar-refractivity contribution >= 4 is 16.8 Å². The maximum absolute atomic E-state index is 13.3. The van der Waals surface area contributed by atoms with Gasteiger partial charge in [-0.05, 0) is 43.9 Å². The van der Waals surface area contributed by atoms with E-state index < -0.39 is 0 Å². The van der Waals surface area contributed by atoms with Crippen molar-refractivity contribution in [1.82, 2.24) is 15.2 Å². The molecule has 1 aromatic heterocycles. The van der Waals surface area contributed by atoms with Gasteiger partial charge in [-0.3, -0.25) is 4.79 Å². The van der Waals surface area contributed by atoms with E-state index in [9.17, 15) is 9.18 Å². The van der Waals surface area contributed by atoms with Crippen LogP contribution in [0.25, 0.3) is 10.9 Å². The maximum Gasteiger partial charge on any atom is 0.268 e. The molecule has 0 radical (unpaired) electrons. The molecule has 0 aliphatic carbocycles. The zero-order valence-corrected chi connectivity index (χ0v) is 13.7. The number of fused-ring (bicyclic) bond motifs is 1. The zero-order chi connectivity index (χ0) is 17.1. The third-order valence-corrected chi connectivity index (χ3v) is 3.88. The van der Waals surface area contributed by atoms with E-state index in [4.69, 9.17) is 0 Å². The number of aromatic nitrogens is 1. The molecule has 0 saturated heterocycles. The van der Waals surface area contributed by atoms with Crippen LogP contribution in [0.1, 0.15) is 22.1 Å². The summed E-state index contributed by atoms with van der Waals surface area (Å²) in [5, 5.41) is 3.74. The lowest BCUT2D eigenvalue weighted by Crippen LogP contribution is -2.35. The normalized spacial score (nSPS) is 12.5. The topological polar surface area (TPSA) is 48.1 Å². The molecule has 5 heteroatoms. The van der Waals surface area contributed by atoms with Gasteiger partial charge in [0, 0.05) is 17.4 Å². The number of carbonyl (C=O) groups excluding carboxylic acids is 1. The van der Waals surface area contributed by atoms with Crippen molar-refractivity contribution in [3.63, 3.8) is 0 Å². The standard InChI is InChI=1S/C19H20FN3O/c1-23(2)12-18(13-6-4-3-5-7-13)22-19(24)17-11-14-10-15(20)8-9-16(14)21-17/h3-11,18,21H,12H2,1-2H3,(H,22,24)/t18-/m0/s1. The number of carbonyl (C=O) groups is 1. The average Bonchev–Trinajstić information content (AvgIpc) is 2.98. The van der Waals surface area contributed by atoms with Crippen molar-refractivity contribution in [2.24, 2.45) is 0 Å². The summed E-state index contributed by atoms with van der Waals surface area (Å²) in [7, 11) is 3.93. The van der Waals surface area contributed by atoms with Gasteiger partial charge in [-0.25, -0.2) is 4.39 Å². The van der Waals surface area contributed by atoms with E-state index in [1.54, 1.807) is 12.1 Å². The van der Waals surface area contributed by atoms with Crippen molar-refractivity contribution in [3.05, 3.63) is 71.7 Å². The molecule has 4 nitrogen and oxygen atoms in total. The summed E-state index contributed by atoms with van der Waals surface area (Å²) >= 11 is 0. The summed E-state index contributed by atoms with van der Waals surface area (Å²) in [5.74, 6) is -0.523. The third-order valence-electron chi connectivity index (χ3n) is 3.88. The lowest BCUT2D eigenvalue weighted by molar-refractivity contribution is 0.0925. The lowest BCUT2D eigenvalue weighted by atomic mass is 10.1. The van der Waals surface area contributed by atoms with Crippen LogP contribution < -0.4 is 5.32 Å². The van der Waals surface area contributed by atoms with Gasteiger partial charge >= 0.3 is 0 Å². The molecule has 0 saturated carbocycles. The number of rotatable bonds is 5. The van der Waals surface area contributed by atoms with Gasteiger partial charge in [0.15, 0.2) is 0 Å². The number of hydrogen-bond acceptors (Lipinski definition) is 2. The van der Waals surface area contributed by atoms with Crippen molar-refractivity contribution in [3.8, 4) is 0 Å². The molecule has 2 N–H and O–H groups in total. The highest BCUT2D eigenvalue weighted by atomic mass is 19.1. The second-order valence-corrected chi connectivity index (χ2v) is 6.11. The number of nitrogens with one attached hydrogen (secondary N) is 2. The number of hydrogen-bond donors (Lipinski definition) is 2. The minimum absolute atomic E-state index is 0.128. The Bertz CT molecular complexity index is 842. The molecular weight excluding hydrogens is 305 g/mol. The van der Waals surface area contributed by atoms with Gasteiger partial charge in [-0.1, -0.05) is 30.3 Å². The number of halogens is 1. The summed E-state index contributed by atoms with van der Waals surface area (Å²) < 4.78 is 13.3. The first-order valence-electron chi connectivity index (χ1n) is 7.82. The molecule has 0 aliphatic rings. The first-order chi connectivity index (χ1) is 11.5. The van der Waals surface area contributed by atoms with Gasteiger partial charge < -0.3 is 15.2 Å². The Kier molecular flexibility index (Phi) is 4.62. The van der Waals surface area contributed by atoms with Gasteiger partial charge in [0.1, 0.15) is 11.5 Å². The fourth-order valence-electron chi connectivity index (χ4n) is 2.75. The Morgan fingerprint density at radius 3 is 2.62 bits per heavy atom. The number of amides is 1. The average molecular weight is 325 g/mol. The molecule has 1 amide bonds. The number of H-pyrrole nitrogens is 1. The van der Waals surface area contributed by atoms with Gasteiger partial charge in [-0.2, -0.15) is 0 Å². The molecule has 0 aliphatic heterocycles. The van der Waals surface area contributed by atoms with Crippen molar-refractivity contribution in [2.75, 3.05) is 20.6 Å². The van der Waals surface area contributed by atoms with Crippen LogP contribution in [0.5, 0.6) is 0 Å². The highest BCUT2D eigenvalue weighted by Gasteiger charge is 2.18. The second-order valence-electron chi connectivity index (χ2n) is 6.11. The molecule has 1 atom stereocenters. The first kappa shape index (κ1) is 16.2. The predicted octanol–water partition coefficient (Wildman–Crippen LogP) is 3.34. The highest BCUT2D eigenvalue weighted by molar-refractivity contribution is 5.98. The number of likely N-dealkylation sites (N-methyl/N-ethyl adjacent to an activating group) is 1. The lowest BCUT2D eigenvalue weighted by Gasteiger charge is -2.22. The fourth-order valence-corrected chi connectivity index (χ4v) is 2.75. The summed E-state index contributed by atoms with van der Waals surface area (Å²) in [6.45, 7) is 0.685. The largest absolute Gasteiger partial charge is 0.351 e. The van der Waals surface area contributed by atoms with Gasteiger partial charge in [0.2, 0.25) is 0 Å². The van der Waals surface area contributed by atoms with Gasteiger partial charge in [-0.15, -0.1) is 0 Å². The van der Waals surface area contributed by atoms with E-state index >= 15 is 0 Å². The van der Waals surface area contributed by atoms with Crippen LogP contribution in [0, 0.1) is 5.82 Å². The Labute approximate surface area is 140 Å². The molecule has 3 aromatic rings. The van der Waals surface area contributed by atoms with E-state index in [0.717, 1.165) is 11.1 Å². The molecule has 1 heterocycles. The maximum atomic E-state index is 13.3. The predicted molar refractivity (Wildman–Crippen MR) is 93.5 cm³/mol. The van der Waals surface area contributed by atoms with Crippen molar-refractivity contribution < 1.29 is 9.18 Å². The van der Waals surface area contributed by atoms with Gasteiger partial charge in [0.05, 0.1) is 6.04 Å². The summed E-state index contributed by atoms with van der Waals surface area (Å²) in [5.41, 5.74) is 2.21. The molecule has 0 fully saturated rings.